The number of benzene rings is 1. The van der Waals surface area contributed by atoms with Crippen LogP contribution in [0.15, 0.2) is 42.6 Å². The summed E-state index contributed by atoms with van der Waals surface area (Å²) in [5, 5.41) is 3.70. The standard InChI is InChI=1S/C18H20ClN3O/c19-15-6-3-5-14(13-15)8-10-21-18(23)16-7-4-9-20-17(16)22-11-1-2-12-22/h3-7,9,13H,1-2,8,10-12H2,(H,21,23). The topological polar surface area (TPSA) is 45.2 Å². The summed E-state index contributed by atoms with van der Waals surface area (Å²) in [6.45, 7) is 2.52. The number of amides is 1. The van der Waals surface area contributed by atoms with Gasteiger partial charge in [-0.1, -0.05) is 23.7 Å². The van der Waals surface area contributed by atoms with E-state index in [1.54, 1.807) is 6.20 Å². The largest absolute Gasteiger partial charge is 0.356 e. The lowest BCUT2D eigenvalue weighted by molar-refractivity contribution is 0.0954. The van der Waals surface area contributed by atoms with Gasteiger partial charge in [-0.05, 0) is 49.1 Å². The van der Waals surface area contributed by atoms with Crippen molar-refractivity contribution in [3.8, 4) is 0 Å². The van der Waals surface area contributed by atoms with E-state index in [0.717, 1.165) is 48.8 Å². The van der Waals surface area contributed by atoms with Crippen LogP contribution in [0.1, 0.15) is 28.8 Å². The minimum Gasteiger partial charge on any atom is -0.356 e. The zero-order valence-corrected chi connectivity index (χ0v) is 13.7. The minimum atomic E-state index is -0.0676. The summed E-state index contributed by atoms with van der Waals surface area (Å²) in [6, 6.07) is 11.4. The summed E-state index contributed by atoms with van der Waals surface area (Å²) >= 11 is 5.97. The molecule has 3 rings (SSSR count). The molecule has 1 aromatic heterocycles. The first-order valence-corrected chi connectivity index (χ1v) is 8.34. The molecule has 4 nitrogen and oxygen atoms in total. The van der Waals surface area contributed by atoms with E-state index in [0.29, 0.717) is 12.1 Å². The van der Waals surface area contributed by atoms with Crippen LogP contribution in [-0.2, 0) is 6.42 Å². The first kappa shape index (κ1) is 15.8. The van der Waals surface area contributed by atoms with Crippen LogP contribution in [0, 0.1) is 0 Å². The Balaban J connectivity index is 1.62. The molecule has 23 heavy (non-hydrogen) atoms. The highest BCUT2D eigenvalue weighted by Gasteiger charge is 2.20. The van der Waals surface area contributed by atoms with E-state index in [2.05, 4.69) is 15.2 Å². The van der Waals surface area contributed by atoms with Gasteiger partial charge in [0, 0.05) is 30.9 Å². The van der Waals surface area contributed by atoms with Crippen molar-refractivity contribution < 1.29 is 4.79 Å². The molecule has 0 aliphatic carbocycles. The molecule has 0 spiro atoms. The van der Waals surface area contributed by atoms with Gasteiger partial charge in [-0.3, -0.25) is 4.79 Å². The number of carbonyl (C=O) groups is 1. The van der Waals surface area contributed by atoms with Crippen LogP contribution in [-0.4, -0.2) is 30.5 Å². The summed E-state index contributed by atoms with van der Waals surface area (Å²) in [5.74, 6) is 0.729. The van der Waals surface area contributed by atoms with E-state index in [4.69, 9.17) is 11.6 Å². The average molecular weight is 330 g/mol. The Morgan fingerprint density at radius 1 is 1.22 bits per heavy atom. The molecule has 0 radical (unpaired) electrons. The molecule has 1 aliphatic rings. The lowest BCUT2D eigenvalue weighted by Crippen LogP contribution is -2.29. The number of aromatic nitrogens is 1. The molecule has 0 bridgehead atoms. The molecule has 2 heterocycles. The van der Waals surface area contributed by atoms with Gasteiger partial charge >= 0.3 is 0 Å². The molecular weight excluding hydrogens is 310 g/mol. The number of halogens is 1. The molecule has 5 heteroatoms. The van der Waals surface area contributed by atoms with Crippen molar-refractivity contribution in [3.05, 3.63) is 58.7 Å². The van der Waals surface area contributed by atoms with Gasteiger partial charge in [0.05, 0.1) is 5.56 Å². The maximum Gasteiger partial charge on any atom is 0.255 e. The SMILES string of the molecule is O=C(NCCc1cccc(Cl)c1)c1cccnc1N1CCCC1. The Labute approximate surface area is 141 Å². The summed E-state index contributed by atoms with van der Waals surface area (Å²) in [7, 11) is 0. The second-order valence-corrected chi connectivity index (χ2v) is 6.14. The number of pyridine rings is 1. The number of hydrogen-bond donors (Lipinski definition) is 1. The smallest absolute Gasteiger partial charge is 0.255 e. The quantitative estimate of drug-likeness (QED) is 0.915. The van der Waals surface area contributed by atoms with Crippen LogP contribution in [0.2, 0.25) is 5.02 Å². The van der Waals surface area contributed by atoms with Crippen molar-refractivity contribution in [2.75, 3.05) is 24.5 Å². The molecule has 2 aromatic rings. The van der Waals surface area contributed by atoms with E-state index in [9.17, 15) is 4.79 Å². The molecule has 1 aromatic carbocycles. The van der Waals surface area contributed by atoms with Crippen LogP contribution >= 0.6 is 11.6 Å². The Hall–Kier alpha value is -2.07. The zero-order chi connectivity index (χ0) is 16.1. The fourth-order valence-electron chi connectivity index (χ4n) is 2.86. The number of anilines is 1. The predicted molar refractivity (Wildman–Crippen MR) is 93.2 cm³/mol. The van der Waals surface area contributed by atoms with E-state index in [-0.39, 0.29) is 5.91 Å². The van der Waals surface area contributed by atoms with Crippen molar-refractivity contribution in [1.82, 2.24) is 10.3 Å². The second kappa shape index (κ2) is 7.47. The molecule has 1 saturated heterocycles. The van der Waals surface area contributed by atoms with Gasteiger partial charge in [0.1, 0.15) is 5.82 Å². The van der Waals surface area contributed by atoms with Gasteiger partial charge in [0.15, 0.2) is 0 Å². The summed E-state index contributed by atoms with van der Waals surface area (Å²) < 4.78 is 0. The van der Waals surface area contributed by atoms with Gasteiger partial charge in [-0.2, -0.15) is 0 Å². The summed E-state index contributed by atoms with van der Waals surface area (Å²) in [4.78, 5) is 19.1. The summed E-state index contributed by atoms with van der Waals surface area (Å²) in [5.41, 5.74) is 1.77. The Bertz CT molecular complexity index is 683. The third-order valence-corrected chi connectivity index (χ3v) is 4.26. The van der Waals surface area contributed by atoms with Crippen molar-refractivity contribution in [2.24, 2.45) is 0 Å². The number of nitrogens with zero attached hydrogens (tertiary/aromatic N) is 2. The predicted octanol–water partition coefficient (Wildman–Crippen LogP) is 3.31. The molecular formula is C18H20ClN3O. The molecule has 1 N–H and O–H groups in total. The molecule has 0 atom stereocenters. The van der Waals surface area contributed by atoms with Gasteiger partial charge < -0.3 is 10.2 Å². The van der Waals surface area contributed by atoms with Crippen molar-refractivity contribution in [2.45, 2.75) is 19.3 Å². The monoisotopic (exact) mass is 329 g/mol. The second-order valence-electron chi connectivity index (χ2n) is 5.70. The Morgan fingerprint density at radius 3 is 2.83 bits per heavy atom. The van der Waals surface area contributed by atoms with Crippen LogP contribution in [0.4, 0.5) is 5.82 Å². The van der Waals surface area contributed by atoms with E-state index in [1.807, 2.05) is 36.4 Å². The van der Waals surface area contributed by atoms with Gasteiger partial charge in [0.25, 0.3) is 5.91 Å². The van der Waals surface area contributed by atoms with Crippen molar-refractivity contribution >= 4 is 23.3 Å². The zero-order valence-electron chi connectivity index (χ0n) is 13.0. The lowest BCUT2D eigenvalue weighted by atomic mass is 10.1. The molecule has 1 fully saturated rings. The number of nitrogens with one attached hydrogen (secondary N) is 1. The third-order valence-electron chi connectivity index (χ3n) is 4.03. The number of rotatable bonds is 5. The molecule has 0 saturated carbocycles. The molecule has 120 valence electrons. The highest BCUT2D eigenvalue weighted by Crippen LogP contribution is 2.21. The lowest BCUT2D eigenvalue weighted by Gasteiger charge is -2.19. The van der Waals surface area contributed by atoms with Gasteiger partial charge in [0.2, 0.25) is 0 Å². The Kier molecular flexibility index (Phi) is 5.13. The first-order valence-electron chi connectivity index (χ1n) is 7.96. The third kappa shape index (κ3) is 4.02. The van der Waals surface area contributed by atoms with Crippen LogP contribution in [0.3, 0.4) is 0 Å². The van der Waals surface area contributed by atoms with E-state index in [1.165, 1.54) is 0 Å². The maximum absolute atomic E-state index is 12.5. The number of carbonyl (C=O) groups excluding carboxylic acids is 1. The average Bonchev–Trinajstić information content (AvgIpc) is 3.09. The van der Waals surface area contributed by atoms with Crippen LogP contribution < -0.4 is 10.2 Å². The van der Waals surface area contributed by atoms with Crippen molar-refractivity contribution in [1.29, 1.82) is 0 Å². The molecule has 1 amide bonds. The van der Waals surface area contributed by atoms with Gasteiger partial charge in [-0.25, -0.2) is 4.98 Å². The Morgan fingerprint density at radius 2 is 2.04 bits per heavy atom. The van der Waals surface area contributed by atoms with Gasteiger partial charge in [-0.15, -0.1) is 0 Å². The minimum absolute atomic E-state index is 0.0676. The fourth-order valence-corrected chi connectivity index (χ4v) is 3.08. The van der Waals surface area contributed by atoms with E-state index >= 15 is 0 Å². The highest BCUT2D eigenvalue weighted by atomic mass is 35.5. The highest BCUT2D eigenvalue weighted by molar-refractivity contribution is 6.30. The van der Waals surface area contributed by atoms with Crippen LogP contribution in [0.5, 0.6) is 0 Å². The first-order chi connectivity index (χ1) is 11.2. The normalized spacial score (nSPS) is 14.0. The van der Waals surface area contributed by atoms with Crippen molar-refractivity contribution in [3.63, 3.8) is 0 Å². The van der Waals surface area contributed by atoms with Crippen LogP contribution in [0.25, 0.3) is 0 Å². The summed E-state index contributed by atoms with van der Waals surface area (Å²) in [6.07, 6.45) is 4.82. The maximum atomic E-state index is 12.5. The fraction of sp³-hybridized carbons (Fsp3) is 0.333. The number of hydrogen-bond acceptors (Lipinski definition) is 3. The molecule has 1 aliphatic heterocycles. The molecule has 0 unspecified atom stereocenters. The van der Waals surface area contributed by atoms with E-state index < -0.39 is 0 Å².